The fraction of sp³-hybridized carbons (Fsp3) is 0.471. The summed E-state index contributed by atoms with van der Waals surface area (Å²) < 4.78 is 1.28. The number of carbonyl (C=O) groups excluding carboxylic acids is 1. The highest BCUT2D eigenvalue weighted by Gasteiger charge is 2.37. The average molecular weight is 287 g/mol. The summed E-state index contributed by atoms with van der Waals surface area (Å²) in [6, 6.07) is 8.39. The van der Waals surface area contributed by atoms with E-state index < -0.39 is 0 Å². The molecule has 1 saturated heterocycles. The molecule has 0 unspecified atom stereocenters. The van der Waals surface area contributed by atoms with Crippen LogP contribution < -0.4 is 5.32 Å². The predicted molar refractivity (Wildman–Crippen MR) is 85.4 cm³/mol. The molecule has 1 aliphatic rings. The van der Waals surface area contributed by atoms with Crippen molar-refractivity contribution in [2.45, 2.75) is 32.6 Å². The first-order valence-electron chi connectivity index (χ1n) is 7.44. The highest BCUT2D eigenvalue weighted by atomic mass is 32.1. The Morgan fingerprint density at radius 2 is 2.05 bits per heavy atom. The number of hydrogen-bond acceptors (Lipinski definition) is 3. The minimum atomic E-state index is -0.0890. The molecule has 0 radical (unpaired) electrons. The van der Waals surface area contributed by atoms with Gasteiger partial charge in [0.1, 0.15) is 5.78 Å². The molecule has 20 heavy (non-hydrogen) atoms. The maximum atomic E-state index is 12.8. The van der Waals surface area contributed by atoms with Crippen LogP contribution in [-0.4, -0.2) is 18.9 Å². The van der Waals surface area contributed by atoms with Crippen molar-refractivity contribution in [1.29, 1.82) is 0 Å². The number of hydrogen-bond donors (Lipinski definition) is 1. The third-order valence-corrected chi connectivity index (χ3v) is 5.75. The standard InChI is InChI=1S/C17H21NOS/c1-2-17(7-9-18-10-8-17)16(19)11-13-12-20-15-6-4-3-5-14(13)15/h3-6,12,18H,2,7-11H2,1H3. The van der Waals surface area contributed by atoms with Crippen molar-refractivity contribution in [2.24, 2.45) is 5.41 Å². The van der Waals surface area contributed by atoms with E-state index in [2.05, 4.69) is 41.9 Å². The molecule has 0 spiro atoms. The summed E-state index contributed by atoms with van der Waals surface area (Å²) >= 11 is 1.74. The SMILES string of the molecule is CCC1(C(=O)Cc2csc3ccccc23)CCNCC1. The molecule has 2 heterocycles. The van der Waals surface area contributed by atoms with Crippen molar-refractivity contribution in [3.05, 3.63) is 35.2 Å². The quantitative estimate of drug-likeness (QED) is 0.927. The van der Waals surface area contributed by atoms with Crippen LogP contribution in [0.5, 0.6) is 0 Å². The molecule has 0 atom stereocenters. The van der Waals surface area contributed by atoms with E-state index >= 15 is 0 Å². The number of nitrogens with one attached hydrogen (secondary N) is 1. The highest BCUT2D eigenvalue weighted by molar-refractivity contribution is 7.17. The molecular formula is C17H21NOS. The zero-order valence-electron chi connectivity index (χ0n) is 11.9. The summed E-state index contributed by atoms with van der Waals surface area (Å²) in [5, 5.41) is 6.78. The van der Waals surface area contributed by atoms with Gasteiger partial charge in [0.05, 0.1) is 0 Å². The molecule has 1 aliphatic heterocycles. The van der Waals surface area contributed by atoms with Crippen LogP contribution in [-0.2, 0) is 11.2 Å². The summed E-state index contributed by atoms with van der Waals surface area (Å²) in [6.45, 7) is 4.11. The molecule has 2 nitrogen and oxygen atoms in total. The lowest BCUT2D eigenvalue weighted by molar-refractivity contribution is -0.129. The Balaban J connectivity index is 1.84. The number of rotatable bonds is 4. The Labute approximate surface area is 124 Å². The van der Waals surface area contributed by atoms with E-state index in [1.165, 1.54) is 15.6 Å². The number of benzene rings is 1. The van der Waals surface area contributed by atoms with Gasteiger partial charge >= 0.3 is 0 Å². The number of thiophene rings is 1. The van der Waals surface area contributed by atoms with Crippen molar-refractivity contribution >= 4 is 27.2 Å². The lowest BCUT2D eigenvalue weighted by Crippen LogP contribution is -2.42. The largest absolute Gasteiger partial charge is 0.317 e. The first-order chi connectivity index (χ1) is 9.75. The van der Waals surface area contributed by atoms with Crippen molar-refractivity contribution < 1.29 is 4.79 Å². The van der Waals surface area contributed by atoms with Gasteiger partial charge in [-0.2, -0.15) is 0 Å². The molecule has 1 aromatic carbocycles. The van der Waals surface area contributed by atoms with Gasteiger partial charge in [-0.15, -0.1) is 11.3 Å². The zero-order valence-corrected chi connectivity index (χ0v) is 12.8. The van der Waals surface area contributed by atoms with E-state index in [4.69, 9.17) is 0 Å². The molecule has 3 heteroatoms. The molecule has 2 aromatic rings. The second-order valence-electron chi connectivity index (χ2n) is 5.74. The van der Waals surface area contributed by atoms with Crippen LogP contribution >= 0.6 is 11.3 Å². The highest BCUT2D eigenvalue weighted by Crippen LogP contribution is 2.36. The van der Waals surface area contributed by atoms with Gasteiger partial charge in [0.2, 0.25) is 0 Å². The van der Waals surface area contributed by atoms with Gasteiger partial charge in [0.15, 0.2) is 0 Å². The third-order valence-electron chi connectivity index (χ3n) is 4.74. The monoisotopic (exact) mass is 287 g/mol. The molecule has 106 valence electrons. The molecule has 0 aliphatic carbocycles. The Hall–Kier alpha value is -1.19. The number of fused-ring (bicyclic) bond motifs is 1. The molecular weight excluding hydrogens is 266 g/mol. The van der Waals surface area contributed by atoms with Gasteiger partial charge in [-0.3, -0.25) is 4.79 Å². The topological polar surface area (TPSA) is 29.1 Å². The average Bonchev–Trinajstić information content (AvgIpc) is 2.91. The van der Waals surface area contributed by atoms with Gasteiger partial charge in [-0.1, -0.05) is 25.1 Å². The number of Topliss-reactive ketones (excluding diaryl/α,β-unsaturated/α-hetero) is 1. The normalized spacial score (nSPS) is 18.2. The van der Waals surface area contributed by atoms with Gasteiger partial charge in [0, 0.05) is 16.5 Å². The summed E-state index contributed by atoms with van der Waals surface area (Å²) in [4.78, 5) is 12.8. The van der Waals surface area contributed by atoms with Crippen LogP contribution in [0.3, 0.4) is 0 Å². The Kier molecular flexibility index (Phi) is 3.90. The lowest BCUT2D eigenvalue weighted by Gasteiger charge is -2.35. The first kappa shape index (κ1) is 13.8. The smallest absolute Gasteiger partial charge is 0.143 e. The van der Waals surface area contributed by atoms with E-state index in [1.54, 1.807) is 11.3 Å². The zero-order chi connectivity index (χ0) is 14.0. The Morgan fingerprint density at radius 3 is 2.80 bits per heavy atom. The van der Waals surface area contributed by atoms with Gasteiger partial charge in [-0.25, -0.2) is 0 Å². The van der Waals surface area contributed by atoms with Crippen molar-refractivity contribution in [3.8, 4) is 0 Å². The summed E-state index contributed by atoms with van der Waals surface area (Å²) in [5.74, 6) is 0.435. The fourth-order valence-corrected chi connectivity index (χ4v) is 4.23. The minimum absolute atomic E-state index is 0.0890. The molecule has 0 saturated carbocycles. The van der Waals surface area contributed by atoms with Crippen LogP contribution in [0.15, 0.2) is 29.6 Å². The van der Waals surface area contributed by atoms with Crippen LogP contribution in [0.1, 0.15) is 31.7 Å². The van der Waals surface area contributed by atoms with Crippen molar-refractivity contribution in [1.82, 2.24) is 5.32 Å². The van der Waals surface area contributed by atoms with E-state index in [1.807, 2.05) is 0 Å². The van der Waals surface area contributed by atoms with Crippen LogP contribution in [0.4, 0.5) is 0 Å². The van der Waals surface area contributed by atoms with Crippen LogP contribution in [0.2, 0.25) is 0 Å². The number of ketones is 1. The molecule has 0 amide bonds. The minimum Gasteiger partial charge on any atom is -0.317 e. The lowest BCUT2D eigenvalue weighted by atomic mass is 9.72. The Morgan fingerprint density at radius 1 is 1.30 bits per heavy atom. The van der Waals surface area contributed by atoms with Gasteiger partial charge in [-0.05, 0) is 54.7 Å². The van der Waals surface area contributed by atoms with Gasteiger partial charge < -0.3 is 5.32 Å². The van der Waals surface area contributed by atoms with Crippen molar-refractivity contribution in [3.63, 3.8) is 0 Å². The van der Waals surface area contributed by atoms with E-state index in [-0.39, 0.29) is 5.41 Å². The Bertz CT molecular complexity index is 610. The third kappa shape index (κ3) is 2.40. The fourth-order valence-electron chi connectivity index (χ4n) is 3.27. The van der Waals surface area contributed by atoms with Crippen LogP contribution in [0.25, 0.3) is 10.1 Å². The maximum absolute atomic E-state index is 12.8. The summed E-state index contributed by atoms with van der Waals surface area (Å²) in [7, 11) is 0. The summed E-state index contributed by atoms with van der Waals surface area (Å²) in [6.07, 6.45) is 3.54. The number of piperidine rings is 1. The molecule has 3 rings (SSSR count). The van der Waals surface area contributed by atoms with E-state index in [9.17, 15) is 4.79 Å². The summed E-state index contributed by atoms with van der Waals surface area (Å²) in [5.41, 5.74) is 1.12. The first-order valence-corrected chi connectivity index (χ1v) is 8.32. The predicted octanol–water partition coefficient (Wildman–Crippen LogP) is 3.79. The van der Waals surface area contributed by atoms with Crippen molar-refractivity contribution in [2.75, 3.05) is 13.1 Å². The van der Waals surface area contributed by atoms with E-state index in [0.717, 1.165) is 32.4 Å². The van der Waals surface area contributed by atoms with Crippen LogP contribution in [0, 0.1) is 5.41 Å². The second-order valence-corrected chi connectivity index (χ2v) is 6.65. The molecule has 0 bridgehead atoms. The maximum Gasteiger partial charge on any atom is 0.143 e. The number of carbonyl (C=O) groups is 1. The molecule has 1 fully saturated rings. The van der Waals surface area contributed by atoms with E-state index in [0.29, 0.717) is 12.2 Å². The molecule has 1 aromatic heterocycles. The van der Waals surface area contributed by atoms with Gasteiger partial charge in [0.25, 0.3) is 0 Å². The molecule has 1 N–H and O–H groups in total. The second kappa shape index (κ2) is 5.66.